The van der Waals surface area contributed by atoms with E-state index in [-0.39, 0.29) is 23.6 Å². The molecule has 2 aromatic carbocycles. The van der Waals surface area contributed by atoms with Crippen LogP contribution in [0, 0.1) is 10.1 Å². The number of anilines is 1. The van der Waals surface area contributed by atoms with Crippen molar-refractivity contribution < 1.29 is 24.0 Å². The lowest BCUT2D eigenvalue weighted by atomic mass is 10.2. The third-order valence-electron chi connectivity index (χ3n) is 3.13. The lowest BCUT2D eigenvalue weighted by Gasteiger charge is -2.08. The van der Waals surface area contributed by atoms with E-state index in [1.807, 2.05) is 0 Å². The van der Waals surface area contributed by atoms with Crippen LogP contribution in [0.2, 0.25) is 5.02 Å². The van der Waals surface area contributed by atoms with Crippen molar-refractivity contribution in [2.24, 2.45) is 0 Å². The Hall–Kier alpha value is -3.13. The zero-order chi connectivity index (χ0) is 19.1. The maximum atomic E-state index is 12.0. The van der Waals surface area contributed by atoms with Gasteiger partial charge in [-0.25, -0.2) is 4.79 Å². The highest BCUT2D eigenvalue weighted by Gasteiger charge is 2.20. The van der Waals surface area contributed by atoms with Crippen molar-refractivity contribution in [1.82, 2.24) is 0 Å². The topological polar surface area (TPSA) is 108 Å². The molecule has 1 amide bonds. The number of nitrogens with zero attached hydrogens (tertiary/aromatic N) is 1. The van der Waals surface area contributed by atoms with Gasteiger partial charge in [-0.05, 0) is 37.3 Å². The second-order valence-electron chi connectivity index (χ2n) is 5.01. The first-order valence-electron chi connectivity index (χ1n) is 7.54. The maximum Gasteiger partial charge on any atom is 0.338 e. The van der Waals surface area contributed by atoms with Gasteiger partial charge in [0.15, 0.2) is 12.4 Å². The molecule has 8 nitrogen and oxygen atoms in total. The molecule has 0 aliphatic heterocycles. The zero-order valence-corrected chi connectivity index (χ0v) is 14.5. The van der Waals surface area contributed by atoms with Gasteiger partial charge in [-0.2, -0.15) is 0 Å². The summed E-state index contributed by atoms with van der Waals surface area (Å²) >= 11 is 5.81. The molecule has 2 aromatic rings. The van der Waals surface area contributed by atoms with Crippen molar-refractivity contribution in [2.45, 2.75) is 6.92 Å². The summed E-state index contributed by atoms with van der Waals surface area (Å²) in [5, 5.41) is 14.0. The van der Waals surface area contributed by atoms with Crippen LogP contribution < -0.4 is 10.1 Å². The largest absolute Gasteiger partial charge is 0.487 e. The molecule has 0 aliphatic rings. The van der Waals surface area contributed by atoms with Crippen LogP contribution in [0.1, 0.15) is 17.3 Å². The summed E-state index contributed by atoms with van der Waals surface area (Å²) in [5.41, 5.74) is 0.0376. The van der Waals surface area contributed by atoms with Crippen LogP contribution in [0.25, 0.3) is 0 Å². The van der Waals surface area contributed by atoms with Crippen LogP contribution in [0.3, 0.4) is 0 Å². The van der Waals surface area contributed by atoms with Gasteiger partial charge in [-0.1, -0.05) is 17.7 Å². The van der Waals surface area contributed by atoms with Gasteiger partial charge < -0.3 is 14.8 Å². The third-order valence-corrected chi connectivity index (χ3v) is 3.37. The number of esters is 1. The van der Waals surface area contributed by atoms with E-state index in [9.17, 15) is 19.7 Å². The van der Waals surface area contributed by atoms with Crippen LogP contribution in [-0.2, 0) is 9.53 Å². The highest BCUT2D eigenvalue weighted by molar-refractivity contribution is 6.30. The predicted octanol–water partition coefficient (Wildman–Crippen LogP) is 3.44. The Bertz CT molecular complexity index is 840. The number of ether oxygens (including phenoxy) is 2. The molecular weight excluding hydrogens is 364 g/mol. The first-order valence-corrected chi connectivity index (χ1v) is 7.92. The SMILES string of the molecule is CCOc1ccc(C(=O)OCC(=O)Nc2cccc(Cl)c2)cc1[N+](=O)[O-]. The summed E-state index contributed by atoms with van der Waals surface area (Å²) in [6.45, 7) is 1.38. The molecule has 0 aliphatic carbocycles. The smallest absolute Gasteiger partial charge is 0.338 e. The van der Waals surface area contributed by atoms with Crippen molar-refractivity contribution in [2.75, 3.05) is 18.5 Å². The normalized spacial score (nSPS) is 10.1. The number of nitro benzene ring substituents is 1. The van der Waals surface area contributed by atoms with Crippen molar-refractivity contribution in [1.29, 1.82) is 0 Å². The van der Waals surface area contributed by atoms with E-state index in [0.717, 1.165) is 6.07 Å². The Morgan fingerprint density at radius 1 is 1.23 bits per heavy atom. The molecule has 136 valence electrons. The molecule has 1 N–H and O–H groups in total. The summed E-state index contributed by atoms with van der Waals surface area (Å²) in [5.74, 6) is -1.38. The minimum absolute atomic E-state index is 0.0488. The Morgan fingerprint density at radius 2 is 2.00 bits per heavy atom. The number of carbonyl (C=O) groups excluding carboxylic acids is 2. The number of benzene rings is 2. The summed E-state index contributed by atoms with van der Waals surface area (Å²) < 4.78 is 10.0. The van der Waals surface area contributed by atoms with Crippen LogP contribution in [0.15, 0.2) is 42.5 Å². The number of hydrogen-bond donors (Lipinski definition) is 1. The van der Waals surface area contributed by atoms with Gasteiger partial charge in [0.1, 0.15) is 0 Å². The second-order valence-corrected chi connectivity index (χ2v) is 5.44. The fourth-order valence-corrected chi connectivity index (χ4v) is 2.23. The molecule has 0 saturated heterocycles. The average Bonchev–Trinajstić information content (AvgIpc) is 2.60. The molecule has 0 spiro atoms. The number of nitrogens with one attached hydrogen (secondary N) is 1. The molecule has 9 heteroatoms. The van der Waals surface area contributed by atoms with E-state index in [2.05, 4.69) is 5.32 Å². The van der Waals surface area contributed by atoms with Crippen LogP contribution in [0.5, 0.6) is 5.75 Å². The van der Waals surface area contributed by atoms with E-state index in [4.69, 9.17) is 21.1 Å². The molecule has 0 atom stereocenters. The highest BCUT2D eigenvalue weighted by Crippen LogP contribution is 2.28. The minimum Gasteiger partial charge on any atom is -0.487 e. The van der Waals surface area contributed by atoms with E-state index < -0.39 is 23.4 Å². The van der Waals surface area contributed by atoms with Crippen molar-refractivity contribution in [3.8, 4) is 5.75 Å². The van der Waals surface area contributed by atoms with Crippen molar-refractivity contribution >= 4 is 34.9 Å². The molecule has 0 unspecified atom stereocenters. The molecule has 0 bridgehead atoms. The molecule has 2 rings (SSSR count). The third kappa shape index (κ3) is 5.18. The van der Waals surface area contributed by atoms with Gasteiger partial charge in [0, 0.05) is 16.8 Å². The number of rotatable bonds is 7. The summed E-state index contributed by atoms with van der Waals surface area (Å²) in [6, 6.07) is 10.2. The van der Waals surface area contributed by atoms with Gasteiger partial charge in [-0.3, -0.25) is 14.9 Å². The highest BCUT2D eigenvalue weighted by atomic mass is 35.5. The zero-order valence-electron chi connectivity index (χ0n) is 13.7. The molecule has 0 heterocycles. The first kappa shape index (κ1) is 19.2. The average molecular weight is 379 g/mol. The Kier molecular flexibility index (Phi) is 6.51. The van der Waals surface area contributed by atoms with Crippen molar-refractivity contribution in [3.63, 3.8) is 0 Å². The maximum absolute atomic E-state index is 12.0. The van der Waals surface area contributed by atoms with E-state index in [1.54, 1.807) is 25.1 Å². The molecular formula is C17H15ClN2O6. The Morgan fingerprint density at radius 3 is 2.65 bits per heavy atom. The monoisotopic (exact) mass is 378 g/mol. The molecule has 0 saturated carbocycles. The lowest BCUT2D eigenvalue weighted by Crippen LogP contribution is -2.21. The quantitative estimate of drug-likeness (QED) is 0.449. The summed E-state index contributed by atoms with van der Waals surface area (Å²) in [4.78, 5) is 34.2. The Balaban J connectivity index is 2.00. The molecule has 0 aromatic heterocycles. The van der Waals surface area contributed by atoms with E-state index in [1.165, 1.54) is 18.2 Å². The number of hydrogen-bond acceptors (Lipinski definition) is 6. The summed E-state index contributed by atoms with van der Waals surface area (Å²) in [7, 11) is 0. The van der Waals surface area contributed by atoms with Gasteiger partial charge in [0.05, 0.1) is 17.1 Å². The number of carbonyl (C=O) groups is 2. The number of halogens is 1. The van der Waals surface area contributed by atoms with Gasteiger partial charge in [0.2, 0.25) is 0 Å². The second kappa shape index (κ2) is 8.82. The van der Waals surface area contributed by atoms with Crippen LogP contribution >= 0.6 is 11.6 Å². The van der Waals surface area contributed by atoms with Crippen molar-refractivity contribution in [3.05, 3.63) is 63.2 Å². The number of nitro groups is 1. The predicted molar refractivity (Wildman–Crippen MR) is 94.6 cm³/mol. The standard InChI is InChI=1S/C17H15ClN2O6/c1-2-25-15-7-6-11(8-14(15)20(23)24)17(22)26-10-16(21)19-13-5-3-4-12(18)9-13/h3-9H,2,10H2,1H3,(H,19,21). The van der Waals surface area contributed by atoms with Gasteiger partial charge in [-0.15, -0.1) is 0 Å². The fraction of sp³-hybridized carbons (Fsp3) is 0.176. The molecule has 26 heavy (non-hydrogen) atoms. The molecule has 0 radical (unpaired) electrons. The van der Waals surface area contributed by atoms with Gasteiger partial charge in [0.25, 0.3) is 5.91 Å². The Labute approximate surface area is 153 Å². The summed E-state index contributed by atoms with van der Waals surface area (Å²) in [6.07, 6.45) is 0. The van der Waals surface area contributed by atoms with E-state index in [0.29, 0.717) is 10.7 Å². The number of amides is 1. The van der Waals surface area contributed by atoms with Crippen LogP contribution in [-0.4, -0.2) is 30.0 Å². The minimum atomic E-state index is -0.864. The first-order chi connectivity index (χ1) is 12.4. The van der Waals surface area contributed by atoms with Gasteiger partial charge >= 0.3 is 11.7 Å². The molecule has 0 fully saturated rings. The van der Waals surface area contributed by atoms with Crippen LogP contribution in [0.4, 0.5) is 11.4 Å². The lowest BCUT2D eigenvalue weighted by molar-refractivity contribution is -0.385. The van der Waals surface area contributed by atoms with E-state index >= 15 is 0 Å². The fourth-order valence-electron chi connectivity index (χ4n) is 2.04.